The van der Waals surface area contributed by atoms with Crippen LogP contribution in [0.2, 0.25) is 0 Å². The van der Waals surface area contributed by atoms with Crippen molar-refractivity contribution in [1.29, 1.82) is 0 Å². The van der Waals surface area contributed by atoms with Crippen molar-refractivity contribution in [3.63, 3.8) is 0 Å². The molecule has 358 valence electrons. The second kappa shape index (κ2) is 22.2. The number of benzene rings is 6. The monoisotopic (exact) mass is 950 g/mol. The average molecular weight is 951 g/mol. The van der Waals surface area contributed by atoms with E-state index in [-0.39, 0.29) is 34.4 Å². The highest BCUT2D eigenvalue weighted by molar-refractivity contribution is 5.92. The molecule has 0 aliphatic carbocycles. The van der Waals surface area contributed by atoms with E-state index in [1.807, 2.05) is 6.07 Å². The summed E-state index contributed by atoms with van der Waals surface area (Å²) in [6, 6.07) is 48.7. The molecule has 0 bridgehead atoms. The van der Waals surface area contributed by atoms with Crippen molar-refractivity contribution in [2.24, 2.45) is 0 Å². The first-order valence-electron chi connectivity index (χ1n) is 22.4. The lowest BCUT2D eigenvalue weighted by Crippen LogP contribution is -2.67. The third-order valence-corrected chi connectivity index (χ3v) is 11.6. The third-order valence-electron chi connectivity index (χ3n) is 11.6. The minimum absolute atomic E-state index is 0.0667. The molecule has 9 rings (SSSR count). The number of carbonyl (C=O) groups is 5. The van der Waals surface area contributed by atoms with Gasteiger partial charge in [0.15, 0.2) is 24.8 Å². The van der Waals surface area contributed by atoms with Gasteiger partial charge in [-0.05, 0) is 60.7 Å². The number of fused-ring (bicyclic) bond motifs is 1. The molecule has 3 fully saturated rings. The molecule has 3 heterocycles. The summed E-state index contributed by atoms with van der Waals surface area (Å²) in [4.78, 5) is 69.7. The first-order chi connectivity index (χ1) is 34.2. The number of ether oxygens (including phenoxy) is 10. The fraction of sp³-hybridized carbons (Fsp3) is 0.241. The van der Waals surface area contributed by atoms with Gasteiger partial charge in [-0.3, -0.25) is 0 Å². The van der Waals surface area contributed by atoms with Crippen molar-refractivity contribution in [1.82, 2.24) is 0 Å². The molecule has 16 heteroatoms. The molecular weight excluding hydrogens is 905 g/mol. The molecule has 70 heavy (non-hydrogen) atoms. The van der Waals surface area contributed by atoms with E-state index in [1.165, 1.54) is 60.7 Å². The van der Waals surface area contributed by atoms with Gasteiger partial charge in [0.2, 0.25) is 12.4 Å². The molecule has 0 amide bonds. The number of hydrogen-bond donors (Lipinski definition) is 1. The highest BCUT2D eigenvalue weighted by Gasteiger charge is 2.58. The van der Waals surface area contributed by atoms with E-state index in [2.05, 4.69) is 0 Å². The van der Waals surface area contributed by atoms with Crippen LogP contribution < -0.4 is 0 Å². The van der Waals surface area contributed by atoms with Gasteiger partial charge in [0.05, 0.1) is 34.4 Å². The standard InChI is InChI=1S/C54H46O16/c55-41-42-39(32-62-52(68-42)38-29-17-6-18-30-38)63-53(44(41)65-48(57)34-21-9-2-10-22-34)69-43-40(31-61-47(56)33-19-7-1-8-20-33)64-54(70-51(60)37-27-15-5-16-28-37)46(67-50(59)36-25-13-4-14-26-36)45(43)66-49(58)35-23-11-3-12-24-35/h1-30,39-46,52-55H,31-32H2/t39-,40-,41+,42+,43-,44+,45+,46+,52?,53+,54-/m1/s1. The van der Waals surface area contributed by atoms with Crippen molar-refractivity contribution in [2.75, 3.05) is 13.2 Å². The largest absolute Gasteiger partial charge is 0.459 e. The molecule has 0 aromatic heterocycles. The Morgan fingerprint density at radius 3 is 1.34 bits per heavy atom. The van der Waals surface area contributed by atoms with Crippen LogP contribution in [0.5, 0.6) is 0 Å². The molecule has 6 aromatic rings. The molecule has 3 aliphatic rings. The molecule has 3 aliphatic heterocycles. The third kappa shape index (κ3) is 11.1. The van der Waals surface area contributed by atoms with Crippen molar-refractivity contribution in [3.8, 4) is 0 Å². The lowest BCUT2D eigenvalue weighted by atomic mass is 9.95. The maximum atomic E-state index is 14.3. The molecule has 3 saturated heterocycles. The van der Waals surface area contributed by atoms with E-state index in [9.17, 15) is 29.1 Å². The summed E-state index contributed by atoms with van der Waals surface area (Å²) >= 11 is 0. The number of hydrogen-bond acceptors (Lipinski definition) is 16. The normalized spacial score (nSPS) is 26.0. The Labute approximate surface area is 401 Å². The summed E-state index contributed by atoms with van der Waals surface area (Å²) in [5, 5.41) is 12.3. The van der Waals surface area contributed by atoms with Gasteiger partial charge in [-0.15, -0.1) is 0 Å². The maximum absolute atomic E-state index is 14.3. The quantitative estimate of drug-likeness (QED) is 0.0895. The molecule has 16 nitrogen and oxygen atoms in total. The Bertz CT molecular complexity index is 2690. The summed E-state index contributed by atoms with van der Waals surface area (Å²) in [7, 11) is 0. The molecule has 11 atom stereocenters. The fourth-order valence-electron chi connectivity index (χ4n) is 8.13. The maximum Gasteiger partial charge on any atom is 0.340 e. The fourth-order valence-corrected chi connectivity index (χ4v) is 8.13. The molecular formula is C54H46O16. The first kappa shape index (κ1) is 47.5. The Kier molecular flexibility index (Phi) is 15.1. The number of aliphatic hydroxyl groups is 1. The van der Waals surface area contributed by atoms with Crippen LogP contribution in [0.3, 0.4) is 0 Å². The van der Waals surface area contributed by atoms with E-state index in [0.29, 0.717) is 5.56 Å². The lowest BCUT2D eigenvalue weighted by molar-refractivity contribution is -0.382. The van der Waals surface area contributed by atoms with Crippen molar-refractivity contribution >= 4 is 29.8 Å². The SMILES string of the molecule is O=C(OC[C@H]1O[C@H](OC(=O)c2ccccc2)[C@@H](OC(=O)c2ccccc2)[C@@H](OC(=O)c2ccccc2)[C@@H]1O[C@@H]1O[C@@H]2COC(c3ccccc3)O[C@@H]2[C@H](O)[C@@H]1OC(=O)c1ccccc1)c1ccccc1. The molecule has 0 radical (unpaired) electrons. The van der Waals surface area contributed by atoms with Crippen LogP contribution in [-0.2, 0) is 47.4 Å². The van der Waals surface area contributed by atoms with Crippen LogP contribution in [0, 0.1) is 0 Å². The zero-order chi connectivity index (χ0) is 48.4. The van der Waals surface area contributed by atoms with Crippen molar-refractivity contribution < 1.29 is 76.4 Å². The van der Waals surface area contributed by atoms with Crippen molar-refractivity contribution in [2.45, 2.75) is 67.7 Å². The first-order valence-corrected chi connectivity index (χ1v) is 22.4. The topological polar surface area (TPSA) is 198 Å². The van der Waals surface area contributed by atoms with Gasteiger partial charge in [-0.1, -0.05) is 121 Å². The minimum Gasteiger partial charge on any atom is -0.459 e. The predicted octanol–water partition coefficient (Wildman–Crippen LogP) is 6.69. The predicted molar refractivity (Wildman–Crippen MR) is 244 cm³/mol. The Morgan fingerprint density at radius 2 is 0.857 bits per heavy atom. The van der Waals surface area contributed by atoms with Gasteiger partial charge >= 0.3 is 29.8 Å². The molecule has 1 N–H and O–H groups in total. The Hall–Kier alpha value is -7.57. The van der Waals surface area contributed by atoms with Crippen LogP contribution in [0.4, 0.5) is 0 Å². The highest BCUT2D eigenvalue weighted by Crippen LogP contribution is 2.39. The van der Waals surface area contributed by atoms with E-state index in [0.717, 1.165) is 0 Å². The zero-order valence-electron chi connectivity index (χ0n) is 37.2. The van der Waals surface area contributed by atoms with Crippen LogP contribution in [0.1, 0.15) is 63.6 Å². The Morgan fingerprint density at radius 1 is 0.443 bits per heavy atom. The summed E-state index contributed by atoms with van der Waals surface area (Å²) < 4.78 is 62.3. The van der Waals surface area contributed by atoms with Gasteiger partial charge in [0.1, 0.15) is 37.1 Å². The lowest BCUT2D eigenvalue weighted by Gasteiger charge is -2.50. The average Bonchev–Trinajstić information content (AvgIpc) is 3.41. The highest BCUT2D eigenvalue weighted by atomic mass is 16.8. The summed E-state index contributed by atoms with van der Waals surface area (Å²) in [5.74, 6) is -4.44. The van der Waals surface area contributed by atoms with E-state index < -0.39 is 104 Å². The van der Waals surface area contributed by atoms with Crippen molar-refractivity contribution in [3.05, 3.63) is 215 Å². The summed E-state index contributed by atoms with van der Waals surface area (Å²) in [5.41, 5.74) is 1.19. The molecule has 6 aromatic carbocycles. The molecule has 1 unspecified atom stereocenters. The number of aliphatic hydroxyl groups excluding tert-OH is 1. The molecule has 0 saturated carbocycles. The number of rotatable bonds is 14. The van der Waals surface area contributed by atoms with Gasteiger partial charge in [-0.25, -0.2) is 24.0 Å². The minimum atomic E-state index is -1.86. The van der Waals surface area contributed by atoms with Crippen LogP contribution in [0.25, 0.3) is 0 Å². The van der Waals surface area contributed by atoms with E-state index in [4.69, 9.17) is 47.4 Å². The van der Waals surface area contributed by atoms with Crippen LogP contribution in [-0.4, -0.2) is 110 Å². The van der Waals surface area contributed by atoms with Gasteiger partial charge in [0.25, 0.3) is 0 Å². The second-order valence-corrected chi connectivity index (χ2v) is 16.3. The summed E-state index contributed by atoms with van der Waals surface area (Å²) in [6.45, 7) is -0.793. The zero-order valence-corrected chi connectivity index (χ0v) is 37.2. The number of esters is 5. The van der Waals surface area contributed by atoms with Crippen LogP contribution in [0.15, 0.2) is 182 Å². The second-order valence-electron chi connectivity index (χ2n) is 16.3. The van der Waals surface area contributed by atoms with Gasteiger partial charge in [0, 0.05) is 5.56 Å². The smallest absolute Gasteiger partial charge is 0.340 e. The van der Waals surface area contributed by atoms with Gasteiger partial charge < -0.3 is 52.5 Å². The van der Waals surface area contributed by atoms with E-state index in [1.54, 1.807) is 115 Å². The molecule has 0 spiro atoms. The van der Waals surface area contributed by atoms with E-state index >= 15 is 0 Å². The summed E-state index contributed by atoms with van der Waals surface area (Å²) in [6.07, 6.45) is -17.0. The number of carbonyl (C=O) groups excluding carboxylic acids is 5. The van der Waals surface area contributed by atoms with Crippen LogP contribution >= 0.6 is 0 Å². The Balaban J connectivity index is 1.13. The van der Waals surface area contributed by atoms with Gasteiger partial charge in [-0.2, -0.15) is 0 Å².